The standard InChI is InChI=1S/C70H72BN3/c1-45-36-63-65-64(37-45)73(59-33-29-52(67(6,7)8)41-54(59)47-22-14-12-15-23-47)61-40-49-44-68(9,10)43-48(49)39-57(61)71(65)56-31-30-53(42-62(56)72(63)58-32-28-51(38-46(58)2)66(3,4)5)74-60-27-19-18-26-55(60)70(50-24-16-13-17-25-50)35-21-20-34-69(70,74)11/h12-19,22-33,36-42H,20-21,34-35,43-44H2,1-11H3. The van der Waals surface area contributed by atoms with E-state index in [0.717, 1.165) is 25.7 Å². The third-order valence-electron chi connectivity index (χ3n) is 18.4. The molecule has 8 aromatic carbocycles. The molecule has 1 fully saturated rings. The Balaban J connectivity index is 1.10. The van der Waals surface area contributed by atoms with E-state index in [-0.39, 0.29) is 33.9 Å². The van der Waals surface area contributed by atoms with E-state index in [1.165, 1.54) is 130 Å². The van der Waals surface area contributed by atoms with E-state index in [0.29, 0.717) is 0 Å². The maximum absolute atomic E-state index is 2.79. The van der Waals surface area contributed by atoms with Gasteiger partial charge in [0.05, 0.1) is 11.2 Å². The molecule has 2 unspecified atom stereocenters. The SMILES string of the molecule is Cc1cc2c3c(c1)N(c1ccc(C(C)(C)C)cc1-c1ccccc1)c1cc4c(cc1B3c1ccc(N3c5ccccc5C5(c6ccccc6)CCCCC35C)cc1N2c1ccc(C(C)(C)C)cc1C)CC(C)(C)C4. The van der Waals surface area contributed by atoms with Crippen LogP contribution in [0.1, 0.15) is 133 Å². The Morgan fingerprint density at radius 3 is 1.77 bits per heavy atom. The Hall–Kier alpha value is -6.78. The molecule has 0 saturated heterocycles. The fourth-order valence-electron chi connectivity index (χ4n) is 14.9. The molecule has 13 rings (SSSR count). The molecule has 4 heteroatoms. The molecular formula is C70H72BN3. The Bertz CT molecular complexity index is 3580. The van der Waals surface area contributed by atoms with Crippen LogP contribution in [-0.4, -0.2) is 12.3 Å². The van der Waals surface area contributed by atoms with Gasteiger partial charge in [-0.15, -0.1) is 0 Å². The van der Waals surface area contributed by atoms with Gasteiger partial charge in [0.1, 0.15) is 0 Å². The van der Waals surface area contributed by atoms with Crippen LogP contribution in [0.25, 0.3) is 11.1 Å². The number of fused-ring (bicyclic) bond motifs is 8. The summed E-state index contributed by atoms with van der Waals surface area (Å²) in [6.45, 7) is 26.2. The monoisotopic (exact) mass is 966 g/mol. The average Bonchev–Trinajstić information content (AvgIpc) is 3.83. The largest absolute Gasteiger partial charge is 0.334 e. The fourth-order valence-corrected chi connectivity index (χ4v) is 14.9. The molecule has 0 amide bonds. The first-order chi connectivity index (χ1) is 35.4. The first kappa shape index (κ1) is 47.0. The highest BCUT2D eigenvalue weighted by atomic mass is 15.3. The average molecular weight is 966 g/mol. The second kappa shape index (κ2) is 16.4. The van der Waals surface area contributed by atoms with Gasteiger partial charge in [-0.05, 0) is 184 Å². The van der Waals surface area contributed by atoms with E-state index >= 15 is 0 Å². The van der Waals surface area contributed by atoms with Gasteiger partial charge in [0.15, 0.2) is 0 Å². The number of rotatable bonds is 5. The van der Waals surface area contributed by atoms with Gasteiger partial charge in [-0.1, -0.05) is 177 Å². The van der Waals surface area contributed by atoms with Gasteiger partial charge in [-0.3, -0.25) is 0 Å². The van der Waals surface area contributed by atoms with Gasteiger partial charge >= 0.3 is 0 Å². The first-order valence-electron chi connectivity index (χ1n) is 27.7. The maximum atomic E-state index is 2.79. The number of hydrogen-bond acceptors (Lipinski definition) is 3. The number of benzene rings is 8. The molecule has 3 aliphatic heterocycles. The number of anilines is 8. The lowest BCUT2D eigenvalue weighted by molar-refractivity contribution is 0.215. The number of hydrogen-bond donors (Lipinski definition) is 0. The lowest BCUT2D eigenvalue weighted by Gasteiger charge is -2.52. The van der Waals surface area contributed by atoms with E-state index in [4.69, 9.17) is 0 Å². The van der Waals surface area contributed by atoms with E-state index in [1.807, 2.05) is 0 Å². The molecule has 5 aliphatic rings. The van der Waals surface area contributed by atoms with Gasteiger partial charge in [-0.2, -0.15) is 0 Å². The highest BCUT2D eigenvalue weighted by Gasteiger charge is 2.61. The van der Waals surface area contributed by atoms with Crippen molar-refractivity contribution < 1.29 is 0 Å². The Labute approximate surface area is 442 Å². The fraction of sp³-hybridized carbons (Fsp3) is 0.314. The van der Waals surface area contributed by atoms with Gasteiger partial charge < -0.3 is 14.7 Å². The molecule has 370 valence electrons. The zero-order valence-electron chi connectivity index (χ0n) is 45.8. The van der Waals surface area contributed by atoms with Crippen molar-refractivity contribution in [3.63, 3.8) is 0 Å². The number of para-hydroxylation sites is 1. The minimum atomic E-state index is -0.180. The van der Waals surface area contributed by atoms with Crippen LogP contribution in [0, 0.1) is 19.3 Å². The molecule has 1 saturated carbocycles. The second-order valence-corrected chi connectivity index (χ2v) is 26.0. The summed E-state index contributed by atoms with van der Waals surface area (Å²) in [6.07, 6.45) is 6.84. The van der Waals surface area contributed by atoms with E-state index in [9.17, 15) is 0 Å². The Kier molecular flexibility index (Phi) is 10.4. The Morgan fingerprint density at radius 2 is 1.08 bits per heavy atom. The van der Waals surface area contributed by atoms with Crippen LogP contribution in [0.15, 0.2) is 164 Å². The molecule has 0 bridgehead atoms. The summed E-state index contributed by atoms with van der Waals surface area (Å²) in [5.41, 5.74) is 27.9. The topological polar surface area (TPSA) is 9.72 Å². The first-order valence-corrected chi connectivity index (χ1v) is 27.7. The maximum Gasteiger partial charge on any atom is 0.252 e. The molecule has 8 aromatic rings. The smallest absolute Gasteiger partial charge is 0.252 e. The van der Waals surface area contributed by atoms with Crippen LogP contribution in [0.5, 0.6) is 0 Å². The van der Waals surface area contributed by atoms with Crippen LogP contribution in [0.2, 0.25) is 0 Å². The van der Waals surface area contributed by atoms with Crippen molar-refractivity contribution in [3.05, 3.63) is 208 Å². The van der Waals surface area contributed by atoms with Crippen molar-refractivity contribution in [2.75, 3.05) is 14.7 Å². The third-order valence-corrected chi connectivity index (χ3v) is 18.4. The number of aryl methyl sites for hydroxylation is 2. The van der Waals surface area contributed by atoms with E-state index < -0.39 is 0 Å². The van der Waals surface area contributed by atoms with Crippen molar-refractivity contribution in [2.24, 2.45) is 5.41 Å². The normalized spacial score (nSPS) is 20.1. The van der Waals surface area contributed by atoms with E-state index in [2.05, 4.69) is 255 Å². The molecule has 3 nitrogen and oxygen atoms in total. The van der Waals surface area contributed by atoms with Gasteiger partial charge in [0, 0.05) is 50.8 Å². The van der Waals surface area contributed by atoms with Crippen molar-refractivity contribution in [1.82, 2.24) is 0 Å². The molecule has 0 N–H and O–H groups in total. The summed E-state index contributed by atoms with van der Waals surface area (Å²) in [7, 11) is 0. The summed E-state index contributed by atoms with van der Waals surface area (Å²) in [6, 6.07) is 64.5. The van der Waals surface area contributed by atoms with E-state index in [1.54, 1.807) is 0 Å². The van der Waals surface area contributed by atoms with Crippen LogP contribution in [0.4, 0.5) is 45.5 Å². The minimum Gasteiger partial charge on any atom is -0.334 e. The van der Waals surface area contributed by atoms with Crippen molar-refractivity contribution in [1.29, 1.82) is 0 Å². The predicted octanol–water partition coefficient (Wildman–Crippen LogP) is 16.5. The predicted molar refractivity (Wildman–Crippen MR) is 317 cm³/mol. The molecule has 2 atom stereocenters. The highest BCUT2D eigenvalue weighted by Crippen LogP contribution is 2.64. The quantitative estimate of drug-likeness (QED) is 0.159. The summed E-state index contributed by atoms with van der Waals surface area (Å²) < 4.78 is 0. The summed E-state index contributed by atoms with van der Waals surface area (Å²) >= 11 is 0. The van der Waals surface area contributed by atoms with Crippen molar-refractivity contribution >= 4 is 68.6 Å². The molecule has 3 heterocycles. The van der Waals surface area contributed by atoms with Crippen LogP contribution >= 0.6 is 0 Å². The summed E-state index contributed by atoms with van der Waals surface area (Å²) in [5.74, 6) is 0. The second-order valence-electron chi connectivity index (χ2n) is 26.0. The van der Waals surface area contributed by atoms with Crippen LogP contribution in [0.3, 0.4) is 0 Å². The van der Waals surface area contributed by atoms with Gasteiger partial charge in [-0.25, -0.2) is 0 Å². The molecule has 74 heavy (non-hydrogen) atoms. The lowest BCUT2D eigenvalue weighted by atomic mass is 9.33. The summed E-state index contributed by atoms with van der Waals surface area (Å²) in [4.78, 5) is 8.15. The zero-order valence-corrected chi connectivity index (χ0v) is 45.8. The molecule has 0 radical (unpaired) electrons. The lowest BCUT2D eigenvalue weighted by Crippen LogP contribution is -2.61. The van der Waals surface area contributed by atoms with Gasteiger partial charge in [0.2, 0.25) is 0 Å². The van der Waals surface area contributed by atoms with Crippen molar-refractivity contribution in [2.45, 2.75) is 136 Å². The third kappa shape index (κ3) is 6.92. The molecule has 0 spiro atoms. The zero-order chi connectivity index (χ0) is 51.3. The minimum absolute atomic E-state index is 0.0140. The molecular weight excluding hydrogens is 894 g/mol. The Morgan fingerprint density at radius 1 is 0.486 bits per heavy atom. The number of nitrogens with zero attached hydrogens (tertiary/aromatic N) is 3. The summed E-state index contributed by atoms with van der Waals surface area (Å²) in [5, 5.41) is 0. The van der Waals surface area contributed by atoms with Crippen molar-refractivity contribution in [3.8, 4) is 11.1 Å². The molecule has 2 aliphatic carbocycles. The van der Waals surface area contributed by atoms with Crippen LogP contribution in [-0.2, 0) is 29.1 Å². The van der Waals surface area contributed by atoms with Gasteiger partial charge in [0.25, 0.3) is 6.71 Å². The highest BCUT2D eigenvalue weighted by molar-refractivity contribution is 7.00. The molecule has 0 aromatic heterocycles. The van der Waals surface area contributed by atoms with Crippen LogP contribution < -0.4 is 31.1 Å².